The van der Waals surface area contributed by atoms with Crippen LogP contribution in [0, 0.1) is 5.92 Å². The second-order valence-corrected chi connectivity index (χ2v) is 5.04. The first-order chi connectivity index (χ1) is 9.74. The highest BCUT2D eigenvalue weighted by molar-refractivity contribution is 5.89. The Morgan fingerprint density at radius 2 is 2.00 bits per heavy atom. The molecule has 0 spiro atoms. The number of nitrogens with one attached hydrogen (secondary N) is 2. The van der Waals surface area contributed by atoms with E-state index in [0.29, 0.717) is 6.42 Å². The van der Waals surface area contributed by atoms with E-state index in [1.54, 1.807) is 0 Å². The lowest BCUT2D eigenvalue weighted by Crippen LogP contribution is -2.41. The van der Waals surface area contributed by atoms with E-state index in [-0.39, 0.29) is 24.3 Å². The first-order valence-electron chi connectivity index (χ1n) is 6.59. The van der Waals surface area contributed by atoms with Crippen molar-refractivity contribution in [1.29, 1.82) is 0 Å². The van der Waals surface area contributed by atoms with Gasteiger partial charge in [-0.15, -0.1) is 0 Å². The van der Waals surface area contributed by atoms with Crippen LogP contribution in [-0.2, 0) is 6.18 Å². The number of aliphatic hydroxyl groups is 1. The minimum Gasteiger partial charge on any atom is -0.396 e. The molecule has 3 N–H and O–H groups in total. The molecule has 0 radical (unpaired) electrons. The standard InChI is InChI=1S/C14H19F3N2O2/c1-9(2)12(6-7-20)19-13(21)18-11-5-3-4-10(8-11)14(15,16)17/h3-5,8-9,12,20H,6-7H2,1-2H3,(H2,18,19,21). The van der Waals surface area contributed by atoms with Crippen molar-refractivity contribution in [3.63, 3.8) is 0 Å². The Bertz CT molecular complexity index is 476. The summed E-state index contributed by atoms with van der Waals surface area (Å²) in [5.74, 6) is 0.101. The summed E-state index contributed by atoms with van der Waals surface area (Å²) in [6.45, 7) is 3.68. The number of hydrogen-bond acceptors (Lipinski definition) is 2. The number of hydrogen-bond donors (Lipinski definition) is 3. The summed E-state index contributed by atoms with van der Waals surface area (Å²) in [5.41, 5.74) is -0.759. The van der Waals surface area contributed by atoms with Crippen molar-refractivity contribution in [3.8, 4) is 0 Å². The zero-order chi connectivity index (χ0) is 16.0. The molecule has 1 atom stereocenters. The molecule has 1 aromatic rings. The fourth-order valence-electron chi connectivity index (χ4n) is 1.82. The third-order valence-electron chi connectivity index (χ3n) is 3.01. The summed E-state index contributed by atoms with van der Waals surface area (Å²) in [7, 11) is 0. The summed E-state index contributed by atoms with van der Waals surface area (Å²) < 4.78 is 37.7. The Balaban J connectivity index is 2.70. The number of anilines is 1. The quantitative estimate of drug-likeness (QED) is 0.782. The van der Waals surface area contributed by atoms with Gasteiger partial charge in [-0.3, -0.25) is 0 Å². The van der Waals surface area contributed by atoms with E-state index in [0.717, 1.165) is 12.1 Å². The molecule has 0 aromatic heterocycles. The van der Waals surface area contributed by atoms with Crippen molar-refractivity contribution in [2.24, 2.45) is 5.92 Å². The highest BCUT2D eigenvalue weighted by Crippen LogP contribution is 2.30. The van der Waals surface area contributed by atoms with E-state index in [1.165, 1.54) is 12.1 Å². The maximum absolute atomic E-state index is 12.6. The van der Waals surface area contributed by atoms with Crippen LogP contribution in [0.3, 0.4) is 0 Å². The number of carbonyl (C=O) groups is 1. The first-order valence-corrected chi connectivity index (χ1v) is 6.59. The molecule has 0 saturated carbocycles. The van der Waals surface area contributed by atoms with Crippen LogP contribution >= 0.6 is 0 Å². The van der Waals surface area contributed by atoms with E-state index < -0.39 is 17.8 Å². The van der Waals surface area contributed by atoms with E-state index in [4.69, 9.17) is 5.11 Å². The van der Waals surface area contributed by atoms with Gasteiger partial charge in [-0.1, -0.05) is 19.9 Å². The molecule has 0 saturated heterocycles. The van der Waals surface area contributed by atoms with Gasteiger partial charge in [0.2, 0.25) is 0 Å². The van der Waals surface area contributed by atoms with Gasteiger partial charge in [-0.2, -0.15) is 13.2 Å². The summed E-state index contributed by atoms with van der Waals surface area (Å²) >= 11 is 0. The minimum atomic E-state index is -4.45. The number of aliphatic hydroxyl groups excluding tert-OH is 1. The molecule has 1 unspecified atom stereocenters. The monoisotopic (exact) mass is 304 g/mol. The summed E-state index contributed by atoms with van der Waals surface area (Å²) in [6, 6.07) is 3.57. The normalized spacial score (nSPS) is 13.1. The van der Waals surface area contributed by atoms with Crippen LogP contribution in [0.4, 0.5) is 23.7 Å². The molecule has 0 aliphatic rings. The minimum absolute atomic E-state index is 0.0637. The van der Waals surface area contributed by atoms with Gasteiger partial charge in [0.05, 0.1) is 5.56 Å². The van der Waals surface area contributed by atoms with Crippen LogP contribution in [-0.4, -0.2) is 23.8 Å². The lowest BCUT2D eigenvalue weighted by molar-refractivity contribution is -0.137. The fraction of sp³-hybridized carbons (Fsp3) is 0.500. The molecule has 21 heavy (non-hydrogen) atoms. The van der Waals surface area contributed by atoms with Gasteiger partial charge in [-0.25, -0.2) is 4.79 Å². The molecular formula is C14H19F3N2O2. The van der Waals surface area contributed by atoms with Gasteiger partial charge in [0.15, 0.2) is 0 Å². The van der Waals surface area contributed by atoms with Crippen molar-refractivity contribution in [2.45, 2.75) is 32.5 Å². The van der Waals surface area contributed by atoms with Gasteiger partial charge in [-0.05, 0) is 30.5 Å². The van der Waals surface area contributed by atoms with E-state index in [9.17, 15) is 18.0 Å². The predicted molar refractivity (Wildman–Crippen MR) is 73.9 cm³/mol. The van der Waals surface area contributed by atoms with Gasteiger partial charge in [0.25, 0.3) is 0 Å². The van der Waals surface area contributed by atoms with E-state index >= 15 is 0 Å². The Hall–Kier alpha value is -1.76. The molecule has 1 rings (SSSR count). The third-order valence-corrected chi connectivity index (χ3v) is 3.01. The molecule has 0 bridgehead atoms. The Labute approximate surface area is 121 Å². The molecule has 7 heteroatoms. The average Bonchev–Trinajstić information content (AvgIpc) is 2.37. The van der Waals surface area contributed by atoms with Crippen LogP contribution < -0.4 is 10.6 Å². The van der Waals surface area contributed by atoms with Crippen molar-refractivity contribution < 1.29 is 23.1 Å². The SMILES string of the molecule is CC(C)C(CCO)NC(=O)Nc1cccc(C(F)(F)F)c1. The molecule has 0 aliphatic carbocycles. The zero-order valence-electron chi connectivity index (χ0n) is 11.9. The van der Waals surface area contributed by atoms with Crippen molar-refractivity contribution >= 4 is 11.7 Å². The van der Waals surface area contributed by atoms with E-state index in [1.807, 2.05) is 13.8 Å². The molecule has 0 aliphatic heterocycles. The molecular weight excluding hydrogens is 285 g/mol. The molecule has 2 amide bonds. The number of rotatable bonds is 5. The Morgan fingerprint density at radius 1 is 1.33 bits per heavy atom. The average molecular weight is 304 g/mol. The van der Waals surface area contributed by atoms with Crippen molar-refractivity contribution in [1.82, 2.24) is 5.32 Å². The lowest BCUT2D eigenvalue weighted by atomic mass is 10.0. The Kier molecular flexibility index (Phi) is 6.02. The number of carbonyl (C=O) groups excluding carboxylic acids is 1. The number of alkyl halides is 3. The number of urea groups is 1. The molecule has 1 aromatic carbocycles. The largest absolute Gasteiger partial charge is 0.416 e. The first kappa shape index (κ1) is 17.3. The van der Waals surface area contributed by atoms with Crippen LogP contribution in [0.15, 0.2) is 24.3 Å². The van der Waals surface area contributed by atoms with Gasteiger partial charge < -0.3 is 15.7 Å². The maximum Gasteiger partial charge on any atom is 0.416 e. The number of amides is 2. The second-order valence-electron chi connectivity index (χ2n) is 5.04. The summed E-state index contributed by atoms with van der Waals surface area (Å²) in [4.78, 5) is 11.8. The van der Waals surface area contributed by atoms with Gasteiger partial charge in [0, 0.05) is 18.3 Å². The topological polar surface area (TPSA) is 61.4 Å². The highest BCUT2D eigenvalue weighted by Gasteiger charge is 2.30. The third kappa shape index (κ3) is 5.63. The van der Waals surface area contributed by atoms with E-state index in [2.05, 4.69) is 10.6 Å². The molecule has 4 nitrogen and oxygen atoms in total. The van der Waals surface area contributed by atoms with Crippen LogP contribution in [0.2, 0.25) is 0 Å². The van der Waals surface area contributed by atoms with Crippen LogP contribution in [0.5, 0.6) is 0 Å². The number of halogens is 3. The van der Waals surface area contributed by atoms with Crippen molar-refractivity contribution in [2.75, 3.05) is 11.9 Å². The predicted octanol–water partition coefficient (Wildman–Crippen LogP) is 3.23. The fourth-order valence-corrected chi connectivity index (χ4v) is 1.82. The van der Waals surface area contributed by atoms with Crippen molar-refractivity contribution in [3.05, 3.63) is 29.8 Å². The Morgan fingerprint density at radius 3 is 2.52 bits per heavy atom. The molecule has 0 heterocycles. The van der Waals surface area contributed by atoms with Crippen LogP contribution in [0.25, 0.3) is 0 Å². The zero-order valence-corrected chi connectivity index (χ0v) is 11.9. The molecule has 0 fully saturated rings. The smallest absolute Gasteiger partial charge is 0.396 e. The van der Waals surface area contributed by atoms with Crippen LogP contribution in [0.1, 0.15) is 25.8 Å². The molecule has 118 valence electrons. The maximum atomic E-state index is 12.6. The second kappa shape index (κ2) is 7.31. The highest BCUT2D eigenvalue weighted by atomic mass is 19.4. The number of benzene rings is 1. The summed E-state index contributed by atoms with van der Waals surface area (Å²) in [5, 5.41) is 13.9. The van der Waals surface area contributed by atoms with Gasteiger partial charge >= 0.3 is 12.2 Å². The van der Waals surface area contributed by atoms with Gasteiger partial charge in [0.1, 0.15) is 0 Å². The lowest BCUT2D eigenvalue weighted by Gasteiger charge is -2.21. The summed E-state index contributed by atoms with van der Waals surface area (Å²) in [6.07, 6.45) is -4.07.